The van der Waals surface area contributed by atoms with E-state index in [2.05, 4.69) is 15.6 Å². The predicted octanol–water partition coefficient (Wildman–Crippen LogP) is 4.11. The lowest BCUT2D eigenvalue weighted by Gasteiger charge is -2.16. The molecule has 6 heteroatoms. The average Bonchev–Trinajstić information content (AvgIpc) is 2.98. The highest BCUT2D eigenvalue weighted by atomic mass is 35.5. The lowest BCUT2D eigenvalue weighted by molar-refractivity contribution is 0.0936. The number of anilines is 1. The first-order valence-corrected chi connectivity index (χ1v) is 8.15. The number of hydrogen-bond acceptors (Lipinski definition) is 4. The lowest BCUT2D eigenvalue weighted by Crippen LogP contribution is -2.27. The minimum atomic E-state index is -0.140. The first-order chi connectivity index (χ1) is 10.1. The molecule has 2 aromatic rings. The van der Waals surface area contributed by atoms with Gasteiger partial charge in [-0.15, -0.1) is 11.3 Å². The molecule has 0 saturated carbocycles. The van der Waals surface area contributed by atoms with Gasteiger partial charge in [-0.3, -0.25) is 4.79 Å². The number of nitrogens with one attached hydrogen (secondary N) is 2. The van der Waals surface area contributed by atoms with Crippen molar-refractivity contribution in [2.24, 2.45) is 0 Å². The molecule has 2 N–H and O–H groups in total. The summed E-state index contributed by atoms with van der Waals surface area (Å²) in [6.07, 6.45) is 0.838. The van der Waals surface area contributed by atoms with Crippen LogP contribution in [-0.2, 0) is 0 Å². The number of amides is 1. The summed E-state index contributed by atoms with van der Waals surface area (Å²) < 4.78 is 0. The first-order valence-electron chi connectivity index (χ1n) is 6.89. The van der Waals surface area contributed by atoms with E-state index in [1.807, 2.05) is 31.4 Å². The molecule has 0 saturated heterocycles. The summed E-state index contributed by atoms with van der Waals surface area (Å²) in [5.41, 5.74) is 0.515. The highest BCUT2D eigenvalue weighted by molar-refractivity contribution is 7.10. The van der Waals surface area contributed by atoms with Crippen molar-refractivity contribution in [3.05, 3.63) is 45.2 Å². The summed E-state index contributed by atoms with van der Waals surface area (Å²) in [5, 5.41) is 8.42. The van der Waals surface area contributed by atoms with Crippen LogP contribution in [-0.4, -0.2) is 17.4 Å². The van der Waals surface area contributed by atoms with Gasteiger partial charge in [0.1, 0.15) is 11.0 Å². The van der Waals surface area contributed by atoms with Gasteiger partial charge in [0.15, 0.2) is 0 Å². The van der Waals surface area contributed by atoms with Gasteiger partial charge in [-0.25, -0.2) is 4.98 Å². The third-order valence-corrected chi connectivity index (χ3v) is 4.19. The fourth-order valence-electron chi connectivity index (χ4n) is 2.01. The SMILES string of the molecule is CCNc1cc(C(=O)NC(CC)c2cccs2)cc(Cl)n1. The number of carbonyl (C=O) groups is 1. The van der Waals surface area contributed by atoms with E-state index in [0.29, 0.717) is 16.5 Å². The van der Waals surface area contributed by atoms with Gasteiger partial charge in [-0.05, 0) is 36.9 Å². The van der Waals surface area contributed by atoms with Crippen molar-refractivity contribution in [2.75, 3.05) is 11.9 Å². The van der Waals surface area contributed by atoms with Gasteiger partial charge < -0.3 is 10.6 Å². The van der Waals surface area contributed by atoms with E-state index in [1.54, 1.807) is 23.5 Å². The Bertz CT molecular complexity index is 601. The van der Waals surface area contributed by atoms with E-state index in [0.717, 1.165) is 17.8 Å². The Kier molecular flexibility index (Phi) is 5.59. The number of aromatic nitrogens is 1. The Balaban J connectivity index is 2.15. The molecule has 2 rings (SSSR count). The molecule has 1 unspecified atom stereocenters. The summed E-state index contributed by atoms with van der Waals surface area (Å²) in [6.45, 7) is 4.74. The number of hydrogen-bond donors (Lipinski definition) is 2. The van der Waals surface area contributed by atoms with Crippen molar-refractivity contribution >= 4 is 34.7 Å². The van der Waals surface area contributed by atoms with Gasteiger partial charge in [0.25, 0.3) is 5.91 Å². The van der Waals surface area contributed by atoms with Gasteiger partial charge in [0.05, 0.1) is 6.04 Å². The van der Waals surface area contributed by atoms with Gasteiger partial charge >= 0.3 is 0 Å². The Morgan fingerprint density at radius 3 is 2.86 bits per heavy atom. The molecule has 0 aliphatic carbocycles. The first kappa shape index (κ1) is 15.8. The molecule has 0 aliphatic rings. The van der Waals surface area contributed by atoms with Crippen LogP contribution in [0.1, 0.15) is 41.5 Å². The molecular formula is C15H18ClN3OS. The van der Waals surface area contributed by atoms with Crippen molar-refractivity contribution in [3.8, 4) is 0 Å². The van der Waals surface area contributed by atoms with Crippen LogP contribution in [0.15, 0.2) is 29.6 Å². The zero-order valence-electron chi connectivity index (χ0n) is 12.0. The van der Waals surface area contributed by atoms with Gasteiger partial charge in [-0.1, -0.05) is 24.6 Å². The molecule has 0 bridgehead atoms. The number of pyridine rings is 1. The quantitative estimate of drug-likeness (QED) is 0.787. The van der Waals surface area contributed by atoms with Crippen molar-refractivity contribution in [1.29, 1.82) is 0 Å². The maximum atomic E-state index is 12.4. The largest absolute Gasteiger partial charge is 0.370 e. The molecule has 1 amide bonds. The third kappa shape index (κ3) is 4.19. The summed E-state index contributed by atoms with van der Waals surface area (Å²) >= 11 is 7.61. The van der Waals surface area contributed by atoms with Crippen molar-refractivity contribution in [3.63, 3.8) is 0 Å². The molecule has 0 spiro atoms. The van der Waals surface area contributed by atoms with Crippen LogP contribution in [0, 0.1) is 0 Å². The zero-order chi connectivity index (χ0) is 15.2. The van der Waals surface area contributed by atoms with Crippen LogP contribution in [0.5, 0.6) is 0 Å². The highest BCUT2D eigenvalue weighted by Crippen LogP contribution is 2.23. The minimum absolute atomic E-state index is 0.0204. The Labute approximate surface area is 133 Å². The van der Waals surface area contributed by atoms with E-state index in [4.69, 9.17) is 11.6 Å². The fourth-order valence-corrected chi connectivity index (χ4v) is 3.08. The summed E-state index contributed by atoms with van der Waals surface area (Å²) in [7, 11) is 0. The molecule has 112 valence electrons. The second-order valence-corrected chi connectivity index (χ2v) is 5.91. The van der Waals surface area contributed by atoms with Gasteiger partial charge in [-0.2, -0.15) is 0 Å². The van der Waals surface area contributed by atoms with Crippen LogP contribution >= 0.6 is 22.9 Å². The van der Waals surface area contributed by atoms with Gasteiger partial charge in [0, 0.05) is 17.0 Å². The molecule has 21 heavy (non-hydrogen) atoms. The number of nitrogens with zero attached hydrogens (tertiary/aromatic N) is 1. The van der Waals surface area contributed by atoms with E-state index < -0.39 is 0 Å². The molecule has 1 atom stereocenters. The van der Waals surface area contributed by atoms with Crippen LogP contribution in [0.4, 0.5) is 5.82 Å². The maximum absolute atomic E-state index is 12.4. The molecular weight excluding hydrogens is 306 g/mol. The van der Waals surface area contributed by atoms with Crippen LogP contribution < -0.4 is 10.6 Å². The predicted molar refractivity (Wildman–Crippen MR) is 88.2 cm³/mol. The van der Waals surface area contributed by atoms with E-state index in [-0.39, 0.29) is 11.9 Å². The van der Waals surface area contributed by atoms with E-state index in [1.165, 1.54) is 0 Å². The monoisotopic (exact) mass is 323 g/mol. The number of thiophene rings is 1. The molecule has 0 radical (unpaired) electrons. The minimum Gasteiger partial charge on any atom is -0.370 e. The van der Waals surface area contributed by atoms with Crippen molar-refractivity contribution in [2.45, 2.75) is 26.3 Å². The molecule has 0 fully saturated rings. The van der Waals surface area contributed by atoms with Crippen molar-refractivity contribution in [1.82, 2.24) is 10.3 Å². The highest BCUT2D eigenvalue weighted by Gasteiger charge is 2.16. The molecule has 2 heterocycles. The molecule has 0 aliphatic heterocycles. The molecule has 2 aromatic heterocycles. The summed E-state index contributed by atoms with van der Waals surface area (Å²) in [4.78, 5) is 17.7. The second-order valence-electron chi connectivity index (χ2n) is 4.54. The number of carbonyl (C=O) groups excluding carboxylic acids is 1. The van der Waals surface area contributed by atoms with Crippen LogP contribution in [0.25, 0.3) is 0 Å². The van der Waals surface area contributed by atoms with E-state index in [9.17, 15) is 4.79 Å². The van der Waals surface area contributed by atoms with E-state index >= 15 is 0 Å². The summed E-state index contributed by atoms with van der Waals surface area (Å²) in [5.74, 6) is 0.470. The van der Waals surface area contributed by atoms with Crippen molar-refractivity contribution < 1.29 is 4.79 Å². The smallest absolute Gasteiger partial charge is 0.252 e. The molecule has 4 nitrogen and oxygen atoms in total. The Morgan fingerprint density at radius 2 is 2.24 bits per heavy atom. The fraction of sp³-hybridized carbons (Fsp3) is 0.333. The Hall–Kier alpha value is -1.59. The summed E-state index contributed by atoms with van der Waals surface area (Å²) in [6, 6.07) is 7.33. The van der Waals surface area contributed by atoms with Crippen LogP contribution in [0.2, 0.25) is 5.15 Å². The van der Waals surface area contributed by atoms with Crippen LogP contribution in [0.3, 0.4) is 0 Å². The number of halogens is 1. The topological polar surface area (TPSA) is 54.0 Å². The average molecular weight is 324 g/mol. The maximum Gasteiger partial charge on any atom is 0.252 e. The molecule has 0 aromatic carbocycles. The van der Waals surface area contributed by atoms with Gasteiger partial charge in [0.2, 0.25) is 0 Å². The zero-order valence-corrected chi connectivity index (χ0v) is 13.6. The normalized spacial score (nSPS) is 12.0. The lowest BCUT2D eigenvalue weighted by atomic mass is 10.1. The third-order valence-electron chi connectivity index (χ3n) is 3.01. The standard InChI is InChI=1S/C15H18ClN3OS/c1-3-11(12-6-5-7-21-12)18-15(20)10-8-13(16)19-14(9-10)17-4-2/h5-9,11H,3-4H2,1-2H3,(H,17,19)(H,18,20). The Morgan fingerprint density at radius 1 is 1.43 bits per heavy atom. The number of rotatable bonds is 6. The second kappa shape index (κ2) is 7.43.